The first kappa shape index (κ1) is 14.4. The molecule has 0 aliphatic heterocycles. The van der Waals surface area contributed by atoms with Crippen LogP contribution in [0.15, 0.2) is 28.7 Å². The second kappa shape index (κ2) is 5.95. The van der Waals surface area contributed by atoms with E-state index in [9.17, 15) is 4.79 Å². The van der Waals surface area contributed by atoms with Crippen molar-refractivity contribution >= 4 is 27.6 Å². The van der Waals surface area contributed by atoms with Gasteiger partial charge in [-0.15, -0.1) is 0 Å². The molecule has 1 fully saturated rings. The number of anilines is 1. The minimum absolute atomic E-state index is 0.154. The number of hydrogen-bond acceptors (Lipinski definition) is 3. The molecule has 1 N–H and O–H groups in total. The lowest BCUT2D eigenvalue weighted by Crippen LogP contribution is -2.50. The lowest BCUT2D eigenvalue weighted by Gasteiger charge is -2.38. The van der Waals surface area contributed by atoms with Crippen LogP contribution in [-0.2, 0) is 9.53 Å². The number of halogens is 1. The van der Waals surface area contributed by atoms with E-state index in [1.54, 1.807) is 0 Å². The van der Waals surface area contributed by atoms with Crippen molar-refractivity contribution in [3.05, 3.63) is 28.7 Å². The molecule has 0 saturated heterocycles. The van der Waals surface area contributed by atoms with E-state index in [1.807, 2.05) is 24.3 Å². The predicted octanol–water partition coefficient (Wildman–Crippen LogP) is 3.98. The Balaban J connectivity index is 2.25. The maximum absolute atomic E-state index is 12.2. The number of esters is 1. The Morgan fingerprint density at radius 2 is 2.32 bits per heavy atom. The second-order valence-electron chi connectivity index (χ2n) is 5.41. The Kier molecular flexibility index (Phi) is 4.50. The van der Waals surface area contributed by atoms with Gasteiger partial charge in [0.05, 0.1) is 7.11 Å². The average molecular weight is 326 g/mol. The van der Waals surface area contributed by atoms with E-state index in [2.05, 4.69) is 28.2 Å². The fraction of sp³-hybridized carbons (Fsp3) is 0.533. The summed E-state index contributed by atoms with van der Waals surface area (Å²) in [6.45, 7) is 2.19. The number of methoxy groups -OCH3 is 1. The number of carbonyl (C=O) groups excluding carboxylic acids is 1. The fourth-order valence-corrected chi connectivity index (χ4v) is 3.34. The van der Waals surface area contributed by atoms with Gasteiger partial charge in [0.25, 0.3) is 0 Å². The molecule has 2 unspecified atom stereocenters. The molecular formula is C15H20BrNO2. The molecule has 0 heterocycles. The van der Waals surface area contributed by atoms with Crippen LogP contribution in [0.3, 0.4) is 0 Å². The largest absolute Gasteiger partial charge is 0.467 e. The van der Waals surface area contributed by atoms with Crippen LogP contribution >= 0.6 is 15.9 Å². The van der Waals surface area contributed by atoms with Crippen molar-refractivity contribution < 1.29 is 9.53 Å². The highest BCUT2D eigenvalue weighted by molar-refractivity contribution is 9.10. The molecule has 2 atom stereocenters. The van der Waals surface area contributed by atoms with E-state index in [0.717, 1.165) is 29.4 Å². The molecule has 0 bridgehead atoms. The quantitative estimate of drug-likeness (QED) is 0.854. The number of hydrogen-bond donors (Lipinski definition) is 1. The van der Waals surface area contributed by atoms with Gasteiger partial charge >= 0.3 is 5.97 Å². The molecule has 104 valence electrons. The summed E-state index contributed by atoms with van der Waals surface area (Å²) in [7, 11) is 1.46. The number of carbonyl (C=O) groups is 1. The van der Waals surface area contributed by atoms with Crippen molar-refractivity contribution in [2.24, 2.45) is 5.92 Å². The third kappa shape index (κ3) is 3.30. The molecule has 4 heteroatoms. The number of benzene rings is 1. The summed E-state index contributed by atoms with van der Waals surface area (Å²) < 4.78 is 6.03. The molecule has 3 nitrogen and oxygen atoms in total. The zero-order valence-electron chi connectivity index (χ0n) is 11.4. The topological polar surface area (TPSA) is 38.3 Å². The number of ether oxygens (including phenoxy) is 1. The van der Waals surface area contributed by atoms with Gasteiger partial charge < -0.3 is 10.1 Å². The first-order chi connectivity index (χ1) is 9.05. The molecule has 1 aliphatic carbocycles. The van der Waals surface area contributed by atoms with Gasteiger partial charge in [-0.2, -0.15) is 0 Å². The van der Waals surface area contributed by atoms with Crippen LogP contribution in [0.1, 0.15) is 32.6 Å². The number of nitrogens with one attached hydrogen (secondary N) is 1. The van der Waals surface area contributed by atoms with Crippen LogP contribution in [-0.4, -0.2) is 18.6 Å². The molecule has 0 spiro atoms. The van der Waals surface area contributed by atoms with Crippen LogP contribution in [0.2, 0.25) is 0 Å². The van der Waals surface area contributed by atoms with Crippen LogP contribution in [0.25, 0.3) is 0 Å². The lowest BCUT2D eigenvalue weighted by molar-refractivity contribution is -0.147. The molecule has 0 radical (unpaired) electrons. The molecule has 1 aromatic carbocycles. The Morgan fingerprint density at radius 3 is 2.95 bits per heavy atom. The first-order valence-electron chi connectivity index (χ1n) is 6.68. The smallest absolute Gasteiger partial charge is 0.331 e. The van der Waals surface area contributed by atoms with Crippen molar-refractivity contribution in [1.82, 2.24) is 0 Å². The van der Waals surface area contributed by atoms with Crippen molar-refractivity contribution in [1.29, 1.82) is 0 Å². The van der Waals surface area contributed by atoms with Gasteiger partial charge in [-0.25, -0.2) is 4.79 Å². The Morgan fingerprint density at radius 1 is 1.53 bits per heavy atom. The average Bonchev–Trinajstić information content (AvgIpc) is 2.37. The summed E-state index contributed by atoms with van der Waals surface area (Å²) >= 11 is 3.45. The summed E-state index contributed by atoms with van der Waals surface area (Å²) in [6, 6.07) is 7.90. The Labute approximate surface area is 122 Å². The zero-order valence-corrected chi connectivity index (χ0v) is 13.0. The van der Waals surface area contributed by atoms with Crippen LogP contribution in [0, 0.1) is 5.92 Å². The van der Waals surface area contributed by atoms with Crippen LogP contribution < -0.4 is 5.32 Å². The highest BCUT2D eigenvalue weighted by atomic mass is 79.9. The SMILES string of the molecule is COC(=O)C1(Nc2cccc(Br)c2)CCCC(C)C1. The molecule has 1 saturated carbocycles. The van der Waals surface area contributed by atoms with Crippen molar-refractivity contribution in [3.63, 3.8) is 0 Å². The Bertz CT molecular complexity index is 463. The third-order valence-electron chi connectivity index (χ3n) is 3.78. The lowest BCUT2D eigenvalue weighted by atomic mass is 9.76. The van der Waals surface area contributed by atoms with E-state index in [4.69, 9.17) is 4.74 Å². The van der Waals surface area contributed by atoms with Gasteiger partial charge in [0, 0.05) is 10.2 Å². The predicted molar refractivity (Wildman–Crippen MR) is 80.1 cm³/mol. The van der Waals surface area contributed by atoms with Crippen LogP contribution in [0.4, 0.5) is 5.69 Å². The van der Waals surface area contributed by atoms with Gasteiger partial charge in [-0.3, -0.25) is 0 Å². The highest BCUT2D eigenvalue weighted by Crippen LogP contribution is 2.36. The second-order valence-corrected chi connectivity index (χ2v) is 6.33. The van der Waals surface area contributed by atoms with E-state index in [0.29, 0.717) is 5.92 Å². The van der Waals surface area contributed by atoms with Gasteiger partial charge in [-0.05, 0) is 37.0 Å². The minimum Gasteiger partial charge on any atom is -0.467 e. The number of rotatable bonds is 3. The maximum Gasteiger partial charge on any atom is 0.331 e. The summed E-state index contributed by atoms with van der Waals surface area (Å²) in [4.78, 5) is 12.2. The summed E-state index contributed by atoms with van der Waals surface area (Å²) in [6.07, 6.45) is 3.89. The molecule has 0 aromatic heterocycles. The van der Waals surface area contributed by atoms with Gasteiger partial charge in [0.1, 0.15) is 5.54 Å². The minimum atomic E-state index is -0.576. The van der Waals surface area contributed by atoms with Gasteiger partial charge in [0.2, 0.25) is 0 Å². The van der Waals surface area contributed by atoms with Crippen LogP contribution in [0.5, 0.6) is 0 Å². The molecule has 19 heavy (non-hydrogen) atoms. The summed E-state index contributed by atoms with van der Waals surface area (Å²) in [5, 5.41) is 3.41. The van der Waals surface area contributed by atoms with Crippen molar-refractivity contribution in [3.8, 4) is 0 Å². The zero-order chi connectivity index (χ0) is 13.9. The summed E-state index contributed by atoms with van der Waals surface area (Å²) in [5.41, 5.74) is 0.376. The van der Waals surface area contributed by atoms with E-state index in [-0.39, 0.29) is 5.97 Å². The van der Waals surface area contributed by atoms with Crippen molar-refractivity contribution in [2.45, 2.75) is 38.1 Å². The fourth-order valence-electron chi connectivity index (χ4n) is 2.94. The Hall–Kier alpha value is -1.03. The molecule has 1 aromatic rings. The van der Waals surface area contributed by atoms with E-state index < -0.39 is 5.54 Å². The standard InChI is InChI=1S/C15H20BrNO2/c1-11-5-4-8-15(10-11,14(18)19-2)17-13-7-3-6-12(16)9-13/h3,6-7,9,11,17H,4-5,8,10H2,1-2H3. The third-order valence-corrected chi connectivity index (χ3v) is 4.28. The van der Waals surface area contributed by atoms with Gasteiger partial charge in [0.15, 0.2) is 0 Å². The van der Waals surface area contributed by atoms with Gasteiger partial charge in [-0.1, -0.05) is 41.8 Å². The monoisotopic (exact) mass is 325 g/mol. The highest BCUT2D eigenvalue weighted by Gasteiger charge is 2.42. The molecule has 1 aliphatic rings. The first-order valence-corrected chi connectivity index (χ1v) is 7.47. The van der Waals surface area contributed by atoms with E-state index >= 15 is 0 Å². The molecule has 2 rings (SSSR count). The van der Waals surface area contributed by atoms with Crippen molar-refractivity contribution in [2.75, 3.05) is 12.4 Å². The maximum atomic E-state index is 12.2. The summed E-state index contributed by atoms with van der Waals surface area (Å²) in [5.74, 6) is 0.381. The molecule has 0 amide bonds. The molecular weight excluding hydrogens is 306 g/mol. The van der Waals surface area contributed by atoms with E-state index in [1.165, 1.54) is 13.5 Å². The normalized spacial score (nSPS) is 26.8.